The zero-order valence-corrected chi connectivity index (χ0v) is 11.8. The first-order valence-corrected chi connectivity index (χ1v) is 6.87. The van der Waals surface area contributed by atoms with Gasteiger partial charge in [-0.1, -0.05) is 27.7 Å². The summed E-state index contributed by atoms with van der Waals surface area (Å²) in [4.78, 5) is 11.7. The summed E-state index contributed by atoms with van der Waals surface area (Å²) in [5.74, 6) is 0.658. The topological polar surface area (TPSA) is 41.1 Å². The minimum Gasteiger partial charge on any atom is -0.355 e. The summed E-state index contributed by atoms with van der Waals surface area (Å²) >= 11 is 0. The molecule has 0 saturated heterocycles. The van der Waals surface area contributed by atoms with E-state index in [2.05, 4.69) is 38.3 Å². The Kier molecular flexibility index (Phi) is 5.44. The van der Waals surface area contributed by atoms with Crippen LogP contribution >= 0.6 is 0 Å². The average Bonchev–Trinajstić information content (AvgIpc) is 2.92. The van der Waals surface area contributed by atoms with E-state index in [1.165, 1.54) is 12.8 Å². The fraction of sp³-hybridized carbons (Fsp3) is 0.929. The minimum absolute atomic E-state index is 0.194. The molecular weight excluding hydrogens is 212 g/mol. The van der Waals surface area contributed by atoms with E-state index >= 15 is 0 Å². The molecule has 0 aromatic heterocycles. The van der Waals surface area contributed by atoms with Crippen LogP contribution in [-0.4, -0.2) is 25.0 Å². The van der Waals surface area contributed by atoms with Crippen molar-refractivity contribution < 1.29 is 4.79 Å². The second-order valence-electron chi connectivity index (χ2n) is 6.65. The number of carbonyl (C=O) groups is 1. The van der Waals surface area contributed by atoms with E-state index in [9.17, 15) is 4.79 Å². The van der Waals surface area contributed by atoms with E-state index in [4.69, 9.17) is 0 Å². The molecule has 100 valence electrons. The van der Waals surface area contributed by atoms with E-state index in [1.54, 1.807) is 0 Å². The predicted octanol–water partition coefficient (Wildman–Crippen LogP) is 2.32. The molecule has 1 rings (SSSR count). The molecule has 3 heteroatoms. The van der Waals surface area contributed by atoms with Crippen LogP contribution in [0.3, 0.4) is 0 Å². The van der Waals surface area contributed by atoms with E-state index in [1.807, 2.05) is 0 Å². The van der Waals surface area contributed by atoms with Gasteiger partial charge in [-0.15, -0.1) is 0 Å². The molecule has 0 aromatic carbocycles. The maximum Gasteiger partial charge on any atom is 0.220 e. The van der Waals surface area contributed by atoms with Crippen LogP contribution in [0.2, 0.25) is 0 Å². The monoisotopic (exact) mass is 240 g/mol. The summed E-state index contributed by atoms with van der Waals surface area (Å²) in [6, 6.07) is 0.728. The van der Waals surface area contributed by atoms with Crippen molar-refractivity contribution in [1.82, 2.24) is 10.6 Å². The van der Waals surface area contributed by atoms with Crippen molar-refractivity contribution in [3.05, 3.63) is 0 Å². The molecule has 1 aliphatic rings. The van der Waals surface area contributed by atoms with Crippen molar-refractivity contribution in [2.24, 2.45) is 11.3 Å². The summed E-state index contributed by atoms with van der Waals surface area (Å²) < 4.78 is 0. The molecule has 3 nitrogen and oxygen atoms in total. The van der Waals surface area contributed by atoms with Gasteiger partial charge in [-0.2, -0.15) is 0 Å². The molecule has 1 unspecified atom stereocenters. The Hall–Kier alpha value is -0.570. The van der Waals surface area contributed by atoms with Crippen LogP contribution < -0.4 is 10.6 Å². The summed E-state index contributed by atoms with van der Waals surface area (Å²) in [7, 11) is 0. The number of nitrogens with one attached hydrogen (secondary N) is 2. The Morgan fingerprint density at radius 3 is 2.47 bits per heavy atom. The highest BCUT2D eigenvalue weighted by atomic mass is 16.1. The number of hydrogen-bond donors (Lipinski definition) is 2. The van der Waals surface area contributed by atoms with Gasteiger partial charge in [0.05, 0.1) is 0 Å². The third-order valence-electron chi connectivity index (χ3n) is 2.95. The molecule has 0 bridgehead atoms. The molecule has 0 heterocycles. The van der Waals surface area contributed by atoms with Crippen LogP contribution in [0.1, 0.15) is 53.4 Å². The zero-order valence-electron chi connectivity index (χ0n) is 11.8. The lowest BCUT2D eigenvalue weighted by Gasteiger charge is -2.22. The number of hydrogen-bond acceptors (Lipinski definition) is 2. The molecule has 0 radical (unpaired) electrons. The molecular formula is C14H28N2O. The van der Waals surface area contributed by atoms with Gasteiger partial charge in [0.25, 0.3) is 0 Å². The third-order valence-corrected chi connectivity index (χ3v) is 2.95. The van der Waals surface area contributed by atoms with Gasteiger partial charge in [0.1, 0.15) is 0 Å². The first kappa shape index (κ1) is 14.5. The van der Waals surface area contributed by atoms with E-state index in [0.717, 1.165) is 25.6 Å². The van der Waals surface area contributed by atoms with Crippen molar-refractivity contribution in [2.45, 2.75) is 59.4 Å². The van der Waals surface area contributed by atoms with Gasteiger partial charge in [0.2, 0.25) is 5.91 Å². The zero-order chi connectivity index (χ0) is 12.9. The smallest absolute Gasteiger partial charge is 0.220 e. The van der Waals surface area contributed by atoms with Gasteiger partial charge in [0, 0.05) is 25.6 Å². The summed E-state index contributed by atoms with van der Waals surface area (Å²) in [5, 5.41) is 6.37. The SMILES string of the molecule is CC(CC(=O)NCCNC1CC1)CC(C)(C)C. The standard InChI is InChI=1S/C14H28N2O/c1-11(10-14(2,3)4)9-13(17)16-8-7-15-12-5-6-12/h11-12,15H,5-10H2,1-4H3,(H,16,17). The molecule has 2 N–H and O–H groups in total. The van der Waals surface area contributed by atoms with Crippen LogP contribution in [0.15, 0.2) is 0 Å². The Bertz CT molecular complexity index is 241. The predicted molar refractivity (Wildman–Crippen MR) is 71.9 cm³/mol. The maximum absolute atomic E-state index is 11.7. The molecule has 1 fully saturated rings. The quantitative estimate of drug-likeness (QED) is 0.671. The Morgan fingerprint density at radius 1 is 1.29 bits per heavy atom. The normalized spacial score (nSPS) is 17.9. The molecule has 1 aliphatic carbocycles. The lowest BCUT2D eigenvalue weighted by Crippen LogP contribution is -2.33. The Balaban J connectivity index is 2.02. The van der Waals surface area contributed by atoms with Gasteiger partial charge in [-0.05, 0) is 30.6 Å². The van der Waals surface area contributed by atoms with Crippen LogP contribution in [0, 0.1) is 11.3 Å². The molecule has 1 atom stereocenters. The lowest BCUT2D eigenvalue weighted by molar-refractivity contribution is -0.122. The van der Waals surface area contributed by atoms with Crippen molar-refractivity contribution in [3.8, 4) is 0 Å². The van der Waals surface area contributed by atoms with Crippen LogP contribution in [0.4, 0.5) is 0 Å². The van der Waals surface area contributed by atoms with Crippen molar-refractivity contribution in [2.75, 3.05) is 13.1 Å². The van der Waals surface area contributed by atoms with E-state index in [-0.39, 0.29) is 5.91 Å². The van der Waals surface area contributed by atoms with E-state index < -0.39 is 0 Å². The highest BCUT2D eigenvalue weighted by Gasteiger charge is 2.20. The van der Waals surface area contributed by atoms with Crippen LogP contribution in [0.5, 0.6) is 0 Å². The highest BCUT2D eigenvalue weighted by molar-refractivity contribution is 5.76. The molecule has 17 heavy (non-hydrogen) atoms. The fourth-order valence-electron chi connectivity index (χ4n) is 2.27. The first-order chi connectivity index (χ1) is 7.87. The highest BCUT2D eigenvalue weighted by Crippen LogP contribution is 2.25. The Morgan fingerprint density at radius 2 is 1.94 bits per heavy atom. The van der Waals surface area contributed by atoms with Crippen molar-refractivity contribution in [3.63, 3.8) is 0 Å². The number of amides is 1. The fourth-order valence-corrected chi connectivity index (χ4v) is 2.27. The van der Waals surface area contributed by atoms with Gasteiger partial charge >= 0.3 is 0 Å². The summed E-state index contributed by atoms with van der Waals surface area (Å²) in [6.45, 7) is 10.5. The van der Waals surface area contributed by atoms with Crippen LogP contribution in [0.25, 0.3) is 0 Å². The van der Waals surface area contributed by atoms with Crippen molar-refractivity contribution in [1.29, 1.82) is 0 Å². The second kappa shape index (κ2) is 6.39. The summed E-state index contributed by atoms with van der Waals surface area (Å²) in [5.41, 5.74) is 0.313. The van der Waals surface area contributed by atoms with Gasteiger partial charge in [-0.25, -0.2) is 0 Å². The maximum atomic E-state index is 11.7. The van der Waals surface area contributed by atoms with Crippen molar-refractivity contribution >= 4 is 5.91 Å². The molecule has 0 spiro atoms. The van der Waals surface area contributed by atoms with Gasteiger partial charge in [-0.3, -0.25) is 4.79 Å². The second-order valence-corrected chi connectivity index (χ2v) is 6.65. The first-order valence-electron chi connectivity index (χ1n) is 6.87. The lowest BCUT2D eigenvalue weighted by atomic mass is 9.84. The van der Waals surface area contributed by atoms with Gasteiger partial charge < -0.3 is 10.6 Å². The molecule has 1 saturated carbocycles. The van der Waals surface area contributed by atoms with E-state index in [0.29, 0.717) is 17.8 Å². The molecule has 0 aromatic rings. The average molecular weight is 240 g/mol. The molecule has 0 aliphatic heterocycles. The number of rotatable bonds is 7. The minimum atomic E-state index is 0.194. The summed E-state index contributed by atoms with van der Waals surface area (Å²) in [6.07, 6.45) is 4.36. The Labute approximate surface area is 106 Å². The third kappa shape index (κ3) is 8.19. The van der Waals surface area contributed by atoms with Gasteiger partial charge in [0.15, 0.2) is 0 Å². The largest absolute Gasteiger partial charge is 0.355 e. The van der Waals surface area contributed by atoms with Crippen LogP contribution in [-0.2, 0) is 4.79 Å². The number of carbonyl (C=O) groups excluding carboxylic acids is 1. The molecule has 1 amide bonds.